The van der Waals surface area contributed by atoms with Gasteiger partial charge in [-0.3, -0.25) is 9.69 Å². The number of β-lactam (4-membered cyclic amide) rings is 1. The van der Waals surface area contributed by atoms with Crippen LogP contribution in [0, 0.1) is 0 Å². The van der Waals surface area contributed by atoms with Crippen molar-refractivity contribution in [1.82, 2.24) is 25.1 Å². The Morgan fingerprint density at radius 1 is 1.54 bits per heavy atom. The number of tetrazole rings is 1. The van der Waals surface area contributed by atoms with Crippen molar-refractivity contribution in [2.75, 3.05) is 11.5 Å². The summed E-state index contributed by atoms with van der Waals surface area (Å²) in [5.41, 5.74) is 6.49. The molecule has 2 atom stereocenters. The lowest BCUT2D eigenvalue weighted by molar-refractivity contribution is -0.147. The molecule has 0 aliphatic carbocycles. The smallest absolute Gasteiger partial charge is 0.352 e. The molecule has 1 aromatic heterocycles. The van der Waals surface area contributed by atoms with Gasteiger partial charge in [-0.2, -0.15) is 0 Å². The van der Waals surface area contributed by atoms with Gasteiger partial charge in [-0.1, -0.05) is 25.1 Å². The SMILES string of the molecule is CCCCn1nnnc1SCC1=C(C(=O)O)N2C(=O)C(N)[C@H]2SC1. The highest BCUT2D eigenvalue weighted by atomic mass is 32.2. The second-order valence-electron chi connectivity index (χ2n) is 5.52. The van der Waals surface area contributed by atoms with Gasteiger partial charge in [0.25, 0.3) is 0 Å². The Hall–Kier alpha value is -1.59. The maximum Gasteiger partial charge on any atom is 0.352 e. The first-order valence-electron chi connectivity index (χ1n) is 7.59. The molecule has 0 saturated carbocycles. The summed E-state index contributed by atoms with van der Waals surface area (Å²) in [4.78, 5) is 24.8. The summed E-state index contributed by atoms with van der Waals surface area (Å²) in [6.45, 7) is 2.82. The Kier molecular flexibility index (Phi) is 5.11. The number of carbonyl (C=O) groups excluding carboxylic acids is 1. The third kappa shape index (κ3) is 3.03. The topological polar surface area (TPSA) is 127 Å². The van der Waals surface area contributed by atoms with Crippen LogP contribution in [0.4, 0.5) is 0 Å². The molecule has 0 bridgehead atoms. The number of nitrogens with two attached hydrogens (primary N) is 1. The Labute approximate surface area is 147 Å². The molecular weight excluding hydrogens is 352 g/mol. The molecule has 3 N–H and O–H groups in total. The van der Waals surface area contributed by atoms with Crippen LogP contribution in [0.25, 0.3) is 0 Å². The summed E-state index contributed by atoms with van der Waals surface area (Å²) < 4.78 is 1.72. The van der Waals surface area contributed by atoms with E-state index in [9.17, 15) is 14.7 Å². The van der Waals surface area contributed by atoms with Gasteiger partial charge in [0.1, 0.15) is 17.1 Å². The quantitative estimate of drug-likeness (QED) is 0.509. The zero-order valence-electron chi connectivity index (χ0n) is 13.1. The van der Waals surface area contributed by atoms with E-state index in [0.717, 1.165) is 19.4 Å². The van der Waals surface area contributed by atoms with Crippen LogP contribution in [0.15, 0.2) is 16.4 Å². The Morgan fingerprint density at radius 2 is 2.33 bits per heavy atom. The Balaban J connectivity index is 1.75. The molecule has 3 rings (SSSR count). The predicted octanol–water partition coefficient (Wildman–Crippen LogP) is 0.146. The Bertz CT molecular complexity index is 691. The monoisotopic (exact) mass is 370 g/mol. The molecule has 3 heterocycles. The molecular formula is C13H18N6O3S2. The van der Waals surface area contributed by atoms with Crippen LogP contribution in [0.1, 0.15) is 19.8 Å². The van der Waals surface area contributed by atoms with Gasteiger partial charge in [0, 0.05) is 18.1 Å². The second kappa shape index (κ2) is 7.11. The summed E-state index contributed by atoms with van der Waals surface area (Å²) >= 11 is 2.88. The Morgan fingerprint density at radius 3 is 3.04 bits per heavy atom. The van der Waals surface area contributed by atoms with E-state index in [4.69, 9.17) is 5.73 Å². The average molecular weight is 370 g/mol. The zero-order chi connectivity index (χ0) is 17.3. The maximum absolute atomic E-state index is 11.9. The van der Waals surface area contributed by atoms with E-state index in [1.54, 1.807) is 4.68 Å². The molecule has 11 heteroatoms. The third-order valence-electron chi connectivity index (χ3n) is 3.89. The molecule has 0 aromatic carbocycles. The van der Waals surface area contributed by atoms with Crippen LogP contribution in [0.3, 0.4) is 0 Å². The van der Waals surface area contributed by atoms with Crippen molar-refractivity contribution < 1.29 is 14.7 Å². The van der Waals surface area contributed by atoms with Crippen molar-refractivity contribution in [1.29, 1.82) is 0 Å². The molecule has 1 fully saturated rings. The normalized spacial score (nSPS) is 23.2. The zero-order valence-corrected chi connectivity index (χ0v) is 14.7. The number of carbonyl (C=O) groups is 2. The number of nitrogens with zero attached hydrogens (tertiary/aromatic N) is 5. The number of carboxylic acids is 1. The minimum atomic E-state index is -1.10. The van der Waals surface area contributed by atoms with E-state index in [-0.39, 0.29) is 17.0 Å². The molecule has 1 unspecified atom stereocenters. The van der Waals surface area contributed by atoms with Gasteiger partial charge >= 0.3 is 5.97 Å². The number of amides is 1. The molecule has 1 amide bonds. The molecule has 0 spiro atoms. The number of aromatic nitrogens is 4. The first-order chi connectivity index (χ1) is 11.5. The van der Waals surface area contributed by atoms with Crippen molar-refractivity contribution in [2.45, 2.75) is 42.9 Å². The molecule has 2 aliphatic rings. The van der Waals surface area contributed by atoms with E-state index in [1.807, 2.05) is 0 Å². The van der Waals surface area contributed by atoms with Crippen LogP contribution in [-0.4, -0.2) is 65.0 Å². The number of fused-ring (bicyclic) bond motifs is 1. The first kappa shape index (κ1) is 17.2. The molecule has 0 radical (unpaired) electrons. The van der Waals surface area contributed by atoms with Crippen molar-refractivity contribution in [2.24, 2.45) is 5.73 Å². The highest BCUT2D eigenvalue weighted by Gasteiger charge is 2.51. The van der Waals surface area contributed by atoms with E-state index in [0.29, 0.717) is 22.2 Å². The minimum Gasteiger partial charge on any atom is -0.477 e. The second-order valence-corrected chi connectivity index (χ2v) is 7.57. The van der Waals surface area contributed by atoms with E-state index < -0.39 is 12.0 Å². The van der Waals surface area contributed by atoms with Gasteiger partial charge in [0.2, 0.25) is 11.1 Å². The number of hydrogen-bond acceptors (Lipinski definition) is 8. The molecule has 24 heavy (non-hydrogen) atoms. The number of hydrogen-bond donors (Lipinski definition) is 2. The summed E-state index contributed by atoms with van der Waals surface area (Å²) in [6, 6.07) is -0.611. The van der Waals surface area contributed by atoms with Crippen LogP contribution in [0.5, 0.6) is 0 Å². The third-order valence-corrected chi connectivity index (χ3v) is 6.29. The minimum absolute atomic E-state index is 0.0607. The fraction of sp³-hybridized carbons (Fsp3) is 0.615. The van der Waals surface area contributed by atoms with Gasteiger partial charge in [-0.15, -0.1) is 16.9 Å². The van der Waals surface area contributed by atoms with Gasteiger partial charge in [0.15, 0.2) is 0 Å². The van der Waals surface area contributed by atoms with Gasteiger partial charge in [-0.05, 0) is 22.4 Å². The fourth-order valence-electron chi connectivity index (χ4n) is 2.59. The first-order valence-corrected chi connectivity index (χ1v) is 9.62. The standard InChI is InChI=1S/C13H18N6O3S2/c1-2-3-4-18-13(15-16-17-18)24-6-7-5-23-11-8(14)10(20)19(11)9(7)12(21)22/h8,11H,2-6,14H2,1H3,(H,21,22)/t8?,11-/m1/s1. The molecule has 1 aromatic rings. The van der Waals surface area contributed by atoms with Crippen LogP contribution in [-0.2, 0) is 16.1 Å². The molecule has 9 nitrogen and oxygen atoms in total. The van der Waals surface area contributed by atoms with Gasteiger partial charge < -0.3 is 10.8 Å². The average Bonchev–Trinajstić information content (AvgIpc) is 3.03. The fourth-order valence-corrected chi connectivity index (χ4v) is 4.93. The molecule has 2 aliphatic heterocycles. The number of rotatable bonds is 7. The maximum atomic E-state index is 11.9. The van der Waals surface area contributed by atoms with Crippen molar-refractivity contribution in [3.63, 3.8) is 0 Å². The highest BCUT2D eigenvalue weighted by Crippen LogP contribution is 2.40. The number of unbranched alkanes of at least 4 members (excludes halogenated alkanes) is 1. The van der Waals surface area contributed by atoms with Crippen LogP contribution < -0.4 is 5.73 Å². The summed E-state index contributed by atoms with van der Waals surface area (Å²) in [6.07, 6.45) is 2.01. The van der Waals surface area contributed by atoms with Crippen molar-refractivity contribution >= 4 is 35.4 Å². The van der Waals surface area contributed by atoms with Crippen molar-refractivity contribution in [3.8, 4) is 0 Å². The molecule has 130 valence electrons. The van der Waals surface area contributed by atoms with Gasteiger partial charge in [0.05, 0.1) is 0 Å². The van der Waals surface area contributed by atoms with Gasteiger partial charge in [-0.25, -0.2) is 9.48 Å². The largest absolute Gasteiger partial charge is 0.477 e. The van der Waals surface area contributed by atoms with Crippen LogP contribution >= 0.6 is 23.5 Å². The molecule has 1 saturated heterocycles. The number of aryl methyl sites for hydroxylation is 1. The van der Waals surface area contributed by atoms with E-state index >= 15 is 0 Å². The number of thioether (sulfide) groups is 2. The van der Waals surface area contributed by atoms with E-state index in [1.165, 1.54) is 28.4 Å². The predicted molar refractivity (Wildman–Crippen MR) is 89.2 cm³/mol. The lowest BCUT2D eigenvalue weighted by Gasteiger charge is -2.48. The summed E-state index contributed by atoms with van der Waals surface area (Å²) in [7, 11) is 0. The van der Waals surface area contributed by atoms with Crippen LogP contribution in [0.2, 0.25) is 0 Å². The number of aliphatic carboxylic acids is 1. The lowest BCUT2D eigenvalue weighted by atomic mass is 10.0. The summed E-state index contributed by atoms with van der Waals surface area (Å²) in [5.74, 6) is -0.471. The van der Waals surface area contributed by atoms with E-state index in [2.05, 4.69) is 22.4 Å². The lowest BCUT2D eigenvalue weighted by Crippen LogP contribution is -2.68. The summed E-state index contributed by atoms with van der Waals surface area (Å²) in [5, 5.41) is 21.5. The van der Waals surface area contributed by atoms with Crippen molar-refractivity contribution in [3.05, 3.63) is 11.3 Å². The highest BCUT2D eigenvalue weighted by molar-refractivity contribution is 8.01. The number of carboxylic acid groups (broad SMARTS) is 1.